The minimum absolute atomic E-state index is 0.122. The number of hydrogen-bond acceptors (Lipinski definition) is 5. The van der Waals surface area contributed by atoms with E-state index in [1.54, 1.807) is 30.2 Å². The molecule has 0 unspecified atom stereocenters. The molecule has 0 aliphatic heterocycles. The molecule has 0 aromatic heterocycles. The number of benzene rings is 1. The molecule has 0 radical (unpaired) electrons. The van der Waals surface area contributed by atoms with Crippen molar-refractivity contribution in [2.24, 2.45) is 5.92 Å². The van der Waals surface area contributed by atoms with Crippen LogP contribution >= 0.6 is 0 Å². The molecule has 33 heavy (non-hydrogen) atoms. The minimum Gasteiger partial charge on any atom is -0.508 e. The molecule has 1 aromatic rings. The second kappa shape index (κ2) is 14.5. The van der Waals surface area contributed by atoms with Gasteiger partial charge in [-0.25, -0.2) is 4.79 Å². The van der Waals surface area contributed by atoms with Crippen molar-refractivity contribution in [3.63, 3.8) is 0 Å². The molecule has 0 aliphatic rings. The molecule has 0 saturated heterocycles. The molecule has 0 spiro atoms. The number of carbonyl (C=O) groups is 2. The lowest BCUT2D eigenvalue weighted by Crippen LogP contribution is -2.31. The Hall–Kier alpha value is -3.54. The number of nitrogens with zero attached hydrogens (tertiary/aromatic N) is 1. The molecule has 0 saturated carbocycles. The number of allylic oxidation sites excluding steroid dienone is 6. The van der Waals surface area contributed by atoms with Gasteiger partial charge < -0.3 is 19.5 Å². The van der Waals surface area contributed by atoms with Gasteiger partial charge in [0.25, 0.3) is 5.91 Å². The number of aliphatic hydroxyl groups excluding tert-OH is 1. The van der Waals surface area contributed by atoms with E-state index in [4.69, 9.17) is 4.74 Å². The fourth-order valence-corrected chi connectivity index (χ4v) is 2.94. The van der Waals surface area contributed by atoms with Gasteiger partial charge >= 0.3 is 5.97 Å². The van der Waals surface area contributed by atoms with Crippen LogP contribution in [0.1, 0.15) is 33.3 Å². The minimum atomic E-state index is -0.452. The average Bonchev–Trinajstić information content (AvgIpc) is 2.77. The lowest BCUT2D eigenvalue weighted by molar-refractivity contribution is -0.134. The number of hydrogen-bond donors (Lipinski definition) is 1. The standard InChI is InChI=1S/C27H35NO5/c1-20(2)16-21(3)10-13-24(29)17-26(30)28(18-22(4)8-7-9-27(31)33-6)19-23-11-14-25(32-5)15-12-23/h7-17,20,29H,18-19H2,1-6H3/b9-7+,13-10+,21-16+,22-8-,24-17-. The number of methoxy groups -OCH3 is 2. The Balaban J connectivity index is 3.07. The van der Waals surface area contributed by atoms with E-state index in [1.165, 1.54) is 25.3 Å². The van der Waals surface area contributed by atoms with E-state index in [0.29, 0.717) is 19.0 Å². The van der Waals surface area contributed by atoms with E-state index >= 15 is 0 Å². The summed E-state index contributed by atoms with van der Waals surface area (Å²) in [4.78, 5) is 25.8. The molecule has 0 fully saturated rings. The van der Waals surface area contributed by atoms with Crippen LogP contribution in [0.25, 0.3) is 0 Å². The zero-order valence-electron chi connectivity index (χ0n) is 20.4. The molecule has 178 valence electrons. The van der Waals surface area contributed by atoms with Gasteiger partial charge in [-0.3, -0.25) is 4.79 Å². The third-order valence-electron chi connectivity index (χ3n) is 4.48. The topological polar surface area (TPSA) is 76.1 Å². The highest BCUT2D eigenvalue weighted by atomic mass is 16.5. The van der Waals surface area contributed by atoms with Crippen LogP contribution in [0.5, 0.6) is 5.75 Å². The molecule has 1 amide bonds. The van der Waals surface area contributed by atoms with Crippen molar-refractivity contribution >= 4 is 11.9 Å². The largest absolute Gasteiger partial charge is 0.508 e. The molecule has 1 rings (SSSR count). The van der Waals surface area contributed by atoms with Gasteiger partial charge in [-0.15, -0.1) is 0 Å². The summed E-state index contributed by atoms with van der Waals surface area (Å²) in [7, 11) is 2.91. The average molecular weight is 454 g/mol. The summed E-state index contributed by atoms with van der Waals surface area (Å²) >= 11 is 0. The zero-order valence-corrected chi connectivity index (χ0v) is 20.4. The van der Waals surface area contributed by atoms with Crippen molar-refractivity contribution in [3.05, 3.63) is 89.3 Å². The molecule has 0 aliphatic carbocycles. The fourth-order valence-electron chi connectivity index (χ4n) is 2.94. The SMILES string of the molecule is COC(=O)/C=C/C=C(/C)CN(Cc1ccc(OC)cc1)C(=O)/C=C(O)/C=C/C(C)=C/C(C)C. The molecule has 1 aromatic carbocycles. The Morgan fingerprint density at radius 3 is 2.30 bits per heavy atom. The first kappa shape index (κ1) is 27.5. The lowest BCUT2D eigenvalue weighted by atomic mass is 10.1. The Bertz CT molecular complexity index is 934. The maximum absolute atomic E-state index is 13.0. The highest BCUT2D eigenvalue weighted by Gasteiger charge is 2.13. The predicted octanol–water partition coefficient (Wildman–Crippen LogP) is 5.30. The molecular formula is C27H35NO5. The first-order valence-corrected chi connectivity index (χ1v) is 10.7. The molecule has 0 bridgehead atoms. The number of carbonyl (C=O) groups excluding carboxylic acids is 2. The predicted molar refractivity (Wildman–Crippen MR) is 132 cm³/mol. The normalized spacial score (nSPS) is 13.1. The number of rotatable bonds is 11. The molecule has 0 heterocycles. The highest BCUT2D eigenvalue weighted by molar-refractivity contribution is 5.88. The third kappa shape index (κ3) is 11.6. The second-order valence-electron chi connectivity index (χ2n) is 7.99. The highest BCUT2D eigenvalue weighted by Crippen LogP contribution is 2.15. The smallest absolute Gasteiger partial charge is 0.330 e. The molecular weight excluding hydrogens is 418 g/mol. The van der Waals surface area contributed by atoms with E-state index in [2.05, 4.69) is 24.7 Å². The monoisotopic (exact) mass is 453 g/mol. The van der Waals surface area contributed by atoms with Crippen LogP contribution < -0.4 is 4.74 Å². The van der Waals surface area contributed by atoms with E-state index in [0.717, 1.165) is 22.5 Å². The van der Waals surface area contributed by atoms with Crippen molar-refractivity contribution in [3.8, 4) is 5.75 Å². The van der Waals surface area contributed by atoms with Crippen LogP contribution in [0.2, 0.25) is 0 Å². The van der Waals surface area contributed by atoms with E-state index in [-0.39, 0.29) is 11.7 Å². The van der Waals surface area contributed by atoms with Gasteiger partial charge in [0.1, 0.15) is 11.5 Å². The van der Waals surface area contributed by atoms with Crippen LogP contribution in [0, 0.1) is 5.92 Å². The Kier molecular flexibility index (Phi) is 12.1. The van der Waals surface area contributed by atoms with Gasteiger partial charge in [0.15, 0.2) is 0 Å². The lowest BCUT2D eigenvalue weighted by Gasteiger charge is -2.22. The van der Waals surface area contributed by atoms with Gasteiger partial charge in [-0.05, 0) is 43.5 Å². The van der Waals surface area contributed by atoms with E-state index in [9.17, 15) is 14.7 Å². The van der Waals surface area contributed by atoms with Gasteiger partial charge in [-0.2, -0.15) is 0 Å². The maximum atomic E-state index is 13.0. The van der Waals surface area contributed by atoms with Gasteiger partial charge in [0.2, 0.25) is 0 Å². The number of ether oxygens (including phenoxy) is 2. The van der Waals surface area contributed by atoms with Crippen molar-refractivity contribution < 1.29 is 24.2 Å². The Morgan fingerprint density at radius 1 is 1.06 bits per heavy atom. The van der Waals surface area contributed by atoms with Crippen LogP contribution in [0.4, 0.5) is 0 Å². The molecule has 6 heteroatoms. The van der Waals surface area contributed by atoms with Gasteiger partial charge in [-0.1, -0.05) is 61.4 Å². The van der Waals surface area contributed by atoms with Crippen molar-refractivity contribution in [2.45, 2.75) is 34.2 Å². The summed E-state index contributed by atoms with van der Waals surface area (Å²) in [5, 5.41) is 10.3. The molecule has 1 N–H and O–H groups in total. The van der Waals surface area contributed by atoms with Crippen LogP contribution in [-0.2, 0) is 20.9 Å². The van der Waals surface area contributed by atoms with Crippen LogP contribution in [0.15, 0.2) is 83.7 Å². The van der Waals surface area contributed by atoms with Crippen molar-refractivity contribution in [1.29, 1.82) is 0 Å². The van der Waals surface area contributed by atoms with Gasteiger partial charge in [0.05, 0.1) is 14.2 Å². The van der Waals surface area contributed by atoms with Crippen LogP contribution in [0.3, 0.4) is 0 Å². The van der Waals surface area contributed by atoms with Gasteiger partial charge in [0, 0.05) is 25.2 Å². The number of aliphatic hydroxyl groups is 1. The summed E-state index contributed by atoms with van der Waals surface area (Å²) in [5.74, 6) is 0.219. The fraction of sp³-hybridized carbons (Fsp3) is 0.333. The Morgan fingerprint density at radius 2 is 1.73 bits per heavy atom. The maximum Gasteiger partial charge on any atom is 0.330 e. The second-order valence-corrected chi connectivity index (χ2v) is 7.99. The summed E-state index contributed by atoms with van der Waals surface area (Å²) in [6.07, 6.45) is 11.2. The molecule has 0 atom stereocenters. The summed E-state index contributed by atoms with van der Waals surface area (Å²) < 4.78 is 9.77. The van der Waals surface area contributed by atoms with E-state index < -0.39 is 5.97 Å². The zero-order chi connectivity index (χ0) is 24.8. The quantitative estimate of drug-likeness (QED) is 0.213. The van der Waals surface area contributed by atoms with E-state index in [1.807, 2.05) is 38.1 Å². The summed E-state index contributed by atoms with van der Waals surface area (Å²) in [5.41, 5.74) is 2.78. The summed E-state index contributed by atoms with van der Waals surface area (Å²) in [6.45, 7) is 8.61. The Labute approximate surface area is 197 Å². The molecule has 6 nitrogen and oxygen atoms in total. The summed E-state index contributed by atoms with van der Waals surface area (Å²) in [6, 6.07) is 7.44. The first-order chi connectivity index (χ1) is 15.6. The van der Waals surface area contributed by atoms with Crippen molar-refractivity contribution in [1.82, 2.24) is 4.90 Å². The third-order valence-corrected chi connectivity index (χ3v) is 4.48. The first-order valence-electron chi connectivity index (χ1n) is 10.7. The number of esters is 1. The van der Waals surface area contributed by atoms with Crippen molar-refractivity contribution in [2.75, 3.05) is 20.8 Å². The number of amides is 1. The van der Waals surface area contributed by atoms with Crippen LogP contribution in [-0.4, -0.2) is 42.6 Å².